The van der Waals surface area contributed by atoms with Crippen LogP contribution in [-0.4, -0.2) is 29.2 Å². The van der Waals surface area contributed by atoms with Crippen LogP contribution < -0.4 is 0 Å². The van der Waals surface area contributed by atoms with Crippen LogP contribution in [0.15, 0.2) is 11.1 Å². The Balaban J connectivity index is 1.86. The molecular formula is C15H22O3. The number of rotatable bonds is 0. The third-order valence-electron chi connectivity index (χ3n) is 4.81. The van der Waals surface area contributed by atoms with Crippen LogP contribution in [-0.2, 0) is 14.3 Å². The van der Waals surface area contributed by atoms with Crippen molar-refractivity contribution in [2.75, 3.05) is 0 Å². The van der Waals surface area contributed by atoms with Gasteiger partial charge < -0.3 is 9.47 Å². The lowest BCUT2D eigenvalue weighted by Crippen LogP contribution is -2.23. The van der Waals surface area contributed by atoms with E-state index in [9.17, 15) is 4.79 Å². The van der Waals surface area contributed by atoms with E-state index in [1.807, 2.05) is 13.8 Å². The van der Waals surface area contributed by atoms with Crippen LogP contribution in [0.4, 0.5) is 0 Å². The van der Waals surface area contributed by atoms with Crippen LogP contribution in [0.3, 0.4) is 0 Å². The Kier molecular flexibility index (Phi) is 2.52. The number of allylic oxidation sites excluding steroid dienone is 1. The molecule has 0 unspecified atom stereocenters. The Labute approximate surface area is 109 Å². The minimum absolute atomic E-state index is 0.0226. The molecule has 3 heteroatoms. The number of ketones is 1. The van der Waals surface area contributed by atoms with Gasteiger partial charge in [0.1, 0.15) is 0 Å². The maximum atomic E-state index is 12.4. The third kappa shape index (κ3) is 1.94. The summed E-state index contributed by atoms with van der Waals surface area (Å²) in [5.41, 5.74) is 1.85. The fraction of sp³-hybridized carbons (Fsp3) is 0.800. The van der Waals surface area contributed by atoms with Crippen LogP contribution in [0.5, 0.6) is 0 Å². The molecule has 3 nitrogen and oxygen atoms in total. The van der Waals surface area contributed by atoms with Crippen molar-refractivity contribution in [2.24, 2.45) is 0 Å². The van der Waals surface area contributed by atoms with Gasteiger partial charge in [0.05, 0.1) is 23.4 Å². The van der Waals surface area contributed by atoms with Crippen LogP contribution >= 0.6 is 0 Å². The Bertz CT molecular complexity index is 435. The lowest BCUT2D eigenvalue weighted by molar-refractivity contribution is -0.116. The largest absolute Gasteiger partial charge is 0.366 e. The maximum Gasteiger partial charge on any atom is 0.161 e. The molecule has 4 atom stereocenters. The van der Waals surface area contributed by atoms with Gasteiger partial charge in [-0.1, -0.05) is 5.57 Å². The first-order chi connectivity index (χ1) is 8.34. The van der Waals surface area contributed by atoms with Crippen molar-refractivity contribution in [3.63, 3.8) is 0 Å². The molecular weight excluding hydrogens is 228 g/mol. The first kappa shape index (κ1) is 12.4. The second-order valence-electron chi connectivity index (χ2n) is 6.66. The van der Waals surface area contributed by atoms with E-state index in [0.717, 1.165) is 30.4 Å². The summed E-state index contributed by atoms with van der Waals surface area (Å²) in [6.45, 7) is 8.26. The summed E-state index contributed by atoms with van der Waals surface area (Å²) < 4.78 is 11.6. The molecule has 100 valence electrons. The molecule has 3 fully saturated rings. The number of hydrogen-bond donors (Lipinski definition) is 0. The van der Waals surface area contributed by atoms with Crippen molar-refractivity contribution < 1.29 is 14.3 Å². The molecule has 0 radical (unpaired) electrons. The highest BCUT2D eigenvalue weighted by Crippen LogP contribution is 2.50. The molecule has 1 saturated carbocycles. The topological polar surface area (TPSA) is 42.1 Å². The predicted molar refractivity (Wildman–Crippen MR) is 68.4 cm³/mol. The number of fused-ring (bicyclic) bond motifs is 2. The van der Waals surface area contributed by atoms with E-state index in [4.69, 9.17) is 9.47 Å². The SMILES string of the molecule is CC(C)=C1C[C@@H]2O[C@]2(C)CC[C@H]2O[C@]2(C)CC1=O. The van der Waals surface area contributed by atoms with Crippen molar-refractivity contribution in [3.8, 4) is 0 Å². The van der Waals surface area contributed by atoms with Crippen LogP contribution in [0.25, 0.3) is 0 Å². The van der Waals surface area contributed by atoms with Crippen LogP contribution in [0.1, 0.15) is 53.4 Å². The molecule has 0 aromatic heterocycles. The van der Waals surface area contributed by atoms with Gasteiger partial charge in [0, 0.05) is 12.8 Å². The average Bonchev–Trinajstić information content (AvgIpc) is 3.09. The van der Waals surface area contributed by atoms with Crippen molar-refractivity contribution in [2.45, 2.75) is 76.8 Å². The molecule has 0 aromatic carbocycles. The average molecular weight is 250 g/mol. The zero-order chi connectivity index (χ0) is 13.1. The normalized spacial score (nSPS) is 47.1. The molecule has 0 N–H and O–H groups in total. The van der Waals surface area contributed by atoms with E-state index < -0.39 is 0 Å². The standard InChI is InChI=1S/C15H22O3/c1-9(2)10-7-13-14(3,18-13)6-5-12-15(4,17-12)8-11(10)16/h12-13H,5-8H2,1-4H3/t12-,13+,14-,15-/m1/s1. The second-order valence-corrected chi connectivity index (χ2v) is 6.66. The van der Waals surface area contributed by atoms with E-state index in [0.29, 0.717) is 6.42 Å². The summed E-state index contributed by atoms with van der Waals surface area (Å²) >= 11 is 0. The summed E-state index contributed by atoms with van der Waals surface area (Å²) in [5, 5.41) is 0. The number of hydrogen-bond acceptors (Lipinski definition) is 3. The van der Waals surface area contributed by atoms with E-state index >= 15 is 0 Å². The molecule has 2 heterocycles. The molecule has 0 spiro atoms. The smallest absolute Gasteiger partial charge is 0.161 e. The van der Waals surface area contributed by atoms with E-state index in [1.54, 1.807) is 0 Å². The van der Waals surface area contributed by atoms with Crippen LogP contribution in [0, 0.1) is 0 Å². The summed E-state index contributed by atoms with van der Waals surface area (Å²) in [6.07, 6.45) is 3.84. The lowest BCUT2D eigenvalue weighted by atomic mass is 9.85. The lowest BCUT2D eigenvalue weighted by Gasteiger charge is -2.14. The third-order valence-corrected chi connectivity index (χ3v) is 4.81. The van der Waals surface area contributed by atoms with E-state index in [1.165, 1.54) is 0 Å². The van der Waals surface area contributed by atoms with Crippen molar-refractivity contribution in [1.82, 2.24) is 0 Å². The summed E-state index contributed by atoms with van der Waals surface area (Å²) in [4.78, 5) is 12.4. The van der Waals surface area contributed by atoms with Gasteiger partial charge in [0.25, 0.3) is 0 Å². The minimum Gasteiger partial charge on any atom is -0.366 e. The van der Waals surface area contributed by atoms with E-state index in [-0.39, 0.29) is 29.2 Å². The zero-order valence-electron chi connectivity index (χ0n) is 11.7. The molecule has 0 bridgehead atoms. The van der Waals surface area contributed by atoms with Gasteiger partial charge in [-0.2, -0.15) is 0 Å². The molecule has 2 saturated heterocycles. The van der Waals surface area contributed by atoms with Crippen molar-refractivity contribution in [3.05, 3.63) is 11.1 Å². The number of ether oxygens (including phenoxy) is 2. The fourth-order valence-corrected chi connectivity index (χ4v) is 3.20. The summed E-state index contributed by atoms with van der Waals surface area (Å²) in [6, 6.07) is 0. The molecule has 3 rings (SSSR count). The summed E-state index contributed by atoms with van der Waals surface area (Å²) in [7, 11) is 0. The molecule has 3 aliphatic rings. The van der Waals surface area contributed by atoms with Gasteiger partial charge in [-0.05, 0) is 46.1 Å². The number of carbonyl (C=O) groups excluding carboxylic acids is 1. The van der Waals surface area contributed by atoms with Crippen LogP contribution in [0.2, 0.25) is 0 Å². The second kappa shape index (κ2) is 3.67. The van der Waals surface area contributed by atoms with E-state index in [2.05, 4.69) is 13.8 Å². The highest BCUT2D eigenvalue weighted by Gasteiger charge is 2.58. The quantitative estimate of drug-likeness (QED) is 0.490. The Morgan fingerprint density at radius 2 is 1.83 bits per heavy atom. The number of epoxide rings is 2. The minimum atomic E-state index is -0.212. The molecule has 1 aliphatic carbocycles. The number of carbonyl (C=O) groups is 1. The zero-order valence-corrected chi connectivity index (χ0v) is 11.7. The highest BCUT2D eigenvalue weighted by atomic mass is 16.6. The first-order valence-electron chi connectivity index (χ1n) is 6.89. The Morgan fingerprint density at radius 1 is 1.17 bits per heavy atom. The molecule has 2 aliphatic heterocycles. The maximum absolute atomic E-state index is 12.4. The van der Waals surface area contributed by atoms with Gasteiger partial charge in [0.2, 0.25) is 0 Å². The monoisotopic (exact) mass is 250 g/mol. The Morgan fingerprint density at radius 3 is 2.50 bits per heavy atom. The van der Waals surface area contributed by atoms with Gasteiger partial charge >= 0.3 is 0 Å². The molecule has 0 aromatic rings. The van der Waals surface area contributed by atoms with Gasteiger partial charge in [-0.25, -0.2) is 0 Å². The summed E-state index contributed by atoms with van der Waals surface area (Å²) in [5.74, 6) is 0.250. The fourth-order valence-electron chi connectivity index (χ4n) is 3.20. The molecule has 18 heavy (non-hydrogen) atoms. The van der Waals surface area contributed by atoms with Crippen molar-refractivity contribution in [1.29, 1.82) is 0 Å². The molecule has 0 amide bonds. The van der Waals surface area contributed by atoms with Gasteiger partial charge in [0.15, 0.2) is 5.78 Å². The van der Waals surface area contributed by atoms with Gasteiger partial charge in [-0.3, -0.25) is 4.79 Å². The number of Topliss-reactive ketones (excluding diaryl/α,β-unsaturated/α-hetero) is 1. The Hall–Kier alpha value is -0.670. The van der Waals surface area contributed by atoms with Gasteiger partial charge in [-0.15, -0.1) is 0 Å². The first-order valence-corrected chi connectivity index (χ1v) is 6.89. The predicted octanol–water partition coefficient (Wildman–Crippen LogP) is 2.78. The van der Waals surface area contributed by atoms with Crippen molar-refractivity contribution >= 4 is 5.78 Å². The highest BCUT2D eigenvalue weighted by molar-refractivity contribution is 5.97.